The van der Waals surface area contributed by atoms with Crippen LogP contribution in [0.1, 0.15) is 35.2 Å². The number of carbonyl (C=O) groups is 1. The Bertz CT molecular complexity index is 417. The summed E-state index contributed by atoms with van der Waals surface area (Å²) in [4.78, 5) is 12.0. The Balaban J connectivity index is 0.00000220. The van der Waals surface area contributed by atoms with E-state index in [-0.39, 0.29) is 18.3 Å². The topological polar surface area (TPSA) is 50.4 Å². The van der Waals surface area contributed by atoms with Crippen molar-refractivity contribution in [2.24, 2.45) is 5.92 Å². The molecule has 21 heavy (non-hydrogen) atoms. The van der Waals surface area contributed by atoms with Gasteiger partial charge in [0.25, 0.3) is 5.91 Å². The molecule has 0 aromatic heterocycles. The minimum absolute atomic E-state index is 0. The smallest absolute Gasteiger partial charge is 0.251 e. The Morgan fingerprint density at radius 3 is 2.76 bits per heavy atom. The van der Waals surface area contributed by atoms with E-state index in [1.807, 2.05) is 24.3 Å². The second-order valence-electron chi connectivity index (χ2n) is 5.39. The molecule has 1 heterocycles. The molecule has 4 nitrogen and oxygen atoms in total. The van der Waals surface area contributed by atoms with Gasteiger partial charge in [-0.1, -0.05) is 12.1 Å². The number of amides is 1. The van der Waals surface area contributed by atoms with Crippen LogP contribution in [0.3, 0.4) is 0 Å². The maximum Gasteiger partial charge on any atom is 0.251 e. The lowest BCUT2D eigenvalue weighted by atomic mass is 9.96. The molecule has 0 bridgehead atoms. The number of nitrogens with one attached hydrogen (secondary N) is 2. The normalized spacial score (nSPS) is 17.9. The fourth-order valence-corrected chi connectivity index (χ4v) is 2.58. The lowest BCUT2D eigenvalue weighted by Crippen LogP contribution is -2.33. The number of hydrogen-bond acceptors (Lipinski definition) is 3. The first-order valence-electron chi connectivity index (χ1n) is 7.36. The van der Waals surface area contributed by atoms with Gasteiger partial charge in [-0.25, -0.2) is 0 Å². The van der Waals surface area contributed by atoms with Crippen LogP contribution in [0.25, 0.3) is 0 Å². The number of hydrogen-bond donors (Lipinski definition) is 2. The molecule has 0 aliphatic carbocycles. The molecule has 1 aromatic rings. The largest absolute Gasteiger partial charge is 0.380 e. The highest BCUT2D eigenvalue weighted by Gasteiger charge is 2.13. The number of halogens is 1. The summed E-state index contributed by atoms with van der Waals surface area (Å²) in [6, 6.07) is 7.57. The maximum atomic E-state index is 12.0. The third-order valence-corrected chi connectivity index (χ3v) is 3.76. The average Bonchev–Trinajstić information content (AvgIpc) is 2.49. The second kappa shape index (κ2) is 9.77. The zero-order chi connectivity index (χ0) is 14.2. The van der Waals surface area contributed by atoms with Gasteiger partial charge in [-0.3, -0.25) is 4.79 Å². The molecule has 0 saturated carbocycles. The van der Waals surface area contributed by atoms with Gasteiger partial charge in [-0.2, -0.15) is 0 Å². The Morgan fingerprint density at radius 2 is 2.14 bits per heavy atom. The highest BCUT2D eigenvalue weighted by molar-refractivity contribution is 5.94. The summed E-state index contributed by atoms with van der Waals surface area (Å²) in [6.45, 7) is 3.56. The SMILES string of the molecule is COCc1ccc(C(=O)NCCC2CCCNC2)cc1.Cl. The number of rotatable bonds is 6. The van der Waals surface area contributed by atoms with Gasteiger partial charge in [0.2, 0.25) is 0 Å². The molecule has 118 valence electrons. The standard InChI is InChI=1S/C16H24N2O2.ClH/c1-20-12-14-4-6-15(7-5-14)16(19)18-10-8-13-3-2-9-17-11-13;/h4-7,13,17H,2-3,8-12H2,1H3,(H,18,19);1H. The predicted octanol–water partition coefficient (Wildman–Crippen LogP) is 2.37. The number of piperidine rings is 1. The molecule has 1 amide bonds. The molecule has 1 fully saturated rings. The van der Waals surface area contributed by atoms with Crippen molar-refractivity contribution in [1.82, 2.24) is 10.6 Å². The number of carbonyl (C=O) groups excluding carboxylic acids is 1. The summed E-state index contributed by atoms with van der Waals surface area (Å²) >= 11 is 0. The molecule has 2 N–H and O–H groups in total. The molecule has 1 aliphatic rings. The van der Waals surface area contributed by atoms with Gasteiger partial charge in [0.1, 0.15) is 0 Å². The van der Waals surface area contributed by atoms with Crippen LogP contribution in [0, 0.1) is 5.92 Å². The molecule has 5 heteroatoms. The summed E-state index contributed by atoms with van der Waals surface area (Å²) in [5.41, 5.74) is 1.80. The zero-order valence-electron chi connectivity index (χ0n) is 12.6. The monoisotopic (exact) mass is 312 g/mol. The van der Waals surface area contributed by atoms with Crippen molar-refractivity contribution in [2.45, 2.75) is 25.9 Å². The van der Waals surface area contributed by atoms with E-state index < -0.39 is 0 Å². The van der Waals surface area contributed by atoms with Crippen molar-refractivity contribution >= 4 is 18.3 Å². The zero-order valence-corrected chi connectivity index (χ0v) is 13.4. The van der Waals surface area contributed by atoms with Crippen molar-refractivity contribution in [2.75, 3.05) is 26.7 Å². The second-order valence-corrected chi connectivity index (χ2v) is 5.39. The van der Waals surface area contributed by atoms with Gasteiger partial charge >= 0.3 is 0 Å². The molecular formula is C16H25ClN2O2. The summed E-state index contributed by atoms with van der Waals surface area (Å²) in [7, 11) is 1.67. The van der Waals surface area contributed by atoms with E-state index in [1.54, 1.807) is 7.11 Å². The van der Waals surface area contributed by atoms with Gasteiger partial charge < -0.3 is 15.4 Å². The molecule has 1 unspecified atom stereocenters. The van der Waals surface area contributed by atoms with Crippen LogP contribution < -0.4 is 10.6 Å². The Hall–Kier alpha value is -1.10. The lowest BCUT2D eigenvalue weighted by Gasteiger charge is -2.22. The Morgan fingerprint density at radius 1 is 1.38 bits per heavy atom. The lowest BCUT2D eigenvalue weighted by molar-refractivity contribution is 0.0950. The summed E-state index contributed by atoms with van der Waals surface area (Å²) < 4.78 is 5.05. The molecule has 1 saturated heterocycles. The number of ether oxygens (including phenoxy) is 1. The molecule has 1 aliphatic heterocycles. The quantitative estimate of drug-likeness (QED) is 0.848. The van der Waals surface area contributed by atoms with Crippen LogP contribution in [0.2, 0.25) is 0 Å². The van der Waals surface area contributed by atoms with E-state index >= 15 is 0 Å². The van der Waals surface area contributed by atoms with Gasteiger partial charge in [0, 0.05) is 19.2 Å². The summed E-state index contributed by atoms with van der Waals surface area (Å²) in [5.74, 6) is 0.714. The van der Waals surface area contributed by atoms with E-state index in [0.717, 1.165) is 31.6 Å². The maximum absolute atomic E-state index is 12.0. The third kappa shape index (κ3) is 6.04. The molecular weight excluding hydrogens is 288 g/mol. The number of benzene rings is 1. The Kier molecular flexibility index (Phi) is 8.35. The van der Waals surface area contributed by atoms with Crippen molar-refractivity contribution in [3.05, 3.63) is 35.4 Å². The molecule has 1 atom stereocenters. The minimum Gasteiger partial charge on any atom is -0.380 e. The van der Waals surface area contributed by atoms with E-state index in [9.17, 15) is 4.79 Å². The van der Waals surface area contributed by atoms with Gasteiger partial charge in [-0.05, 0) is 56.0 Å². The van der Waals surface area contributed by atoms with Crippen LogP contribution >= 0.6 is 12.4 Å². The Labute approximate surface area is 133 Å². The summed E-state index contributed by atoms with van der Waals surface area (Å²) in [6.07, 6.45) is 3.58. The van der Waals surface area contributed by atoms with E-state index in [1.165, 1.54) is 12.8 Å². The highest BCUT2D eigenvalue weighted by atomic mass is 35.5. The van der Waals surface area contributed by atoms with Crippen LogP contribution in [-0.4, -0.2) is 32.7 Å². The van der Waals surface area contributed by atoms with Gasteiger partial charge in [-0.15, -0.1) is 12.4 Å². The average molecular weight is 313 g/mol. The number of methoxy groups -OCH3 is 1. The van der Waals surface area contributed by atoms with Crippen molar-refractivity contribution in [1.29, 1.82) is 0 Å². The fourth-order valence-electron chi connectivity index (χ4n) is 2.58. The van der Waals surface area contributed by atoms with Crippen LogP contribution in [-0.2, 0) is 11.3 Å². The summed E-state index contributed by atoms with van der Waals surface area (Å²) in [5, 5.41) is 6.40. The first-order chi connectivity index (χ1) is 9.79. The molecule has 0 spiro atoms. The van der Waals surface area contributed by atoms with Crippen LogP contribution in [0.4, 0.5) is 0 Å². The van der Waals surface area contributed by atoms with Crippen molar-refractivity contribution < 1.29 is 9.53 Å². The van der Waals surface area contributed by atoms with Gasteiger partial charge in [0.15, 0.2) is 0 Å². The molecule has 0 radical (unpaired) electrons. The van der Waals surface area contributed by atoms with Crippen LogP contribution in [0.5, 0.6) is 0 Å². The third-order valence-electron chi connectivity index (χ3n) is 3.76. The van der Waals surface area contributed by atoms with E-state index in [0.29, 0.717) is 18.1 Å². The van der Waals surface area contributed by atoms with E-state index in [2.05, 4.69) is 10.6 Å². The van der Waals surface area contributed by atoms with Crippen molar-refractivity contribution in [3.8, 4) is 0 Å². The molecule has 2 rings (SSSR count). The van der Waals surface area contributed by atoms with Crippen LogP contribution in [0.15, 0.2) is 24.3 Å². The minimum atomic E-state index is 0. The van der Waals surface area contributed by atoms with E-state index in [4.69, 9.17) is 4.74 Å². The predicted molar refractivity (Wildman–Crippen MR) is 86.9 cm³/mol. The first-order valence-corrected chi connectivity index (χ1v) is 7.36. The van der Waals surface area contributed by atoms with Crippen molar-refractivity contribution in [3.63, 3.8) is 0 Å². The highest BCUT2D eigenvalue weighted by Crippen LogP contribution is 2.13. The fraction of sp³-hybridized carbons (Fsp3) is 0.562. The molecule has 1 aromatic carbocycles. The van der Waals surface area contributed by atoms with Gasteiger partial charge in [0.05, 0.1) is 6.61 Å². The first kappa shape index (κ1) is 18.0.